The maximum absolute atomic E-state index is 12.9. The number of anilines is 2. The van der Waals surface area contributed by atoms with Crippen molar-refractivity contribution in [2.24, 2.45) is 14.1 Å². The average molecular weight is 516 g/mol. The molecule has 1 aliphatic heterocycles. The van der Waals surface area contributed by atoms with Crippen LogP contribution in [0.4, 0.5) is 16.2 Å². The Morgan fingerprint density at radius 1 is 1.03 bits per heavy atom. The van der Waals surface area contributed by atoms with Crippen molar-refractivity contribution in [1.82, 2.24) is 14.5 Å². The molecule has 1 aliphatic rings. The Kier molecular flexibility index (Phi) is 6.81. The van der Waals surface area contributed by atoms with Crippen LogP contribution in [-0.2, 0) is 14.1 Å². The number of nitrogens with one attached hydrogen (secondary N) is 2. The Balaban J connectivity index is 1.59. The predicted molar refractivity (Wildman–Crippen MR) is 135 cm³/mol. The number of nitrogens with zero attached hydrogens (tertiary/aromatic N) is 3. The number of carbonyl (C=O) groups is 1. The third-order valence-electron chi connectivity index (χ3n) is 6.38. The maximum Gasteiger partial charge on any atom is 0.328 e. The highest BCUT2D eigenvalue weighted by Crippen LogP contribution is 2.33. The molecular weight excluding hydrogens is 486 g/mol. The minimum atomic E-state index is -0.845. The van der Waals surface area contributed by atoms with Crippen LogP contribution in [-0.4, -0.2) is 39.4 Å². The number of piperidine rings is 1. The van der Waals surface area contributed by atoms with E-state index in [2.05, 4.69) is 31.5 Å². The Hall–Kier alpha value is -2.78. The number of rotatable bonds is 5. The van der Waals surface area contributed by atoms with E-state index in [4.69, 9.17) is 0 Å². The lowest BCUT2D eigenvalue weighted by atomic mass is 10.0. The summed E-state index contributed by atoms with van der Waals surface area (Å²) in [7, 11) is 3.49. The van der Waals surface area contributed by atoms with Gasteiger partial charge in [0.05, 0.1) is 34.6 Å². The fourth-order valence-electron chi connectivity index (χ4n) is 4.42. The highest BCUT2D eigenvalue weighted by Gasteiger charge is 2.22. The monoisotopic (exact) mass is 515 g/mol. The molecular formula is C24H30BrN5O3. The molecule has 8 nitrogen and oxygen atoms in total. The first-order valence-corrected chi connectivity index (χ1v) is 12.0. The summed E-state index contributed by atoms with van der Waals surface area (Å²) in [6, 6.07) is 10.3. The summed E-state index contributed by atoms with van der Waals surface area (Å²) in [5.41, 5.74) is 3.74. The van der Waals surface area contributed by atoms with Gasteiger partial charge in [0.1, 0.15) is 0 Å². The molecule has 1 saturated heterocycles. The van der Waals surface area contributed by atoms with E-state index in [-0.39, 0.29) is 5.69 Å². The summed E-state index contributed by atoms with van der Waals surface area (Å²) in [5, 5.41) is 16.5. The molecule has 2 heterocycles. The third kappa shape index (κ3) is 4.79. The van der Waals surface area contributed by atoms with Crippen molar-refractivity contribution < 1.29 is 9.90 Å². The number of fused-ring (bicyclic) bond motifs is 1. The molecule has 2 unspecified atom stereocenters. The molecule has 2 atom stereocenters. The minimum absolute atomic E-state index is 0.109. The topological polar surface area (TPSA) is 91.5 Å². The van der Waals surface area contributed by atoms with E-state index in [9.17, 15) is 14.7 Å². The van der Waals surface area contributed by atoms with Crippen molar-refractivity contribution >= 4 is 44.4 Å². The summed E-state index contributed by atoms with van der Waals surface area (Å²) in [6.45, 7) is 3.57. The fourth-order valence-corrected chi connectivity index (χ4v) is 4.69. The van der Waals surface area contributed by atoms with Gasteiger partial charge in [0.2, 0.25) is 0 Å². The van der Waals surface area contributed by atoms with Gasteiger partial charge >= 0.3 is 11.7 Å². The van der Waals surface area contributed by atoms with Gasteiger partial charge in [-0.25, -0.2) is 9.59 Å². The van der Waals surface area contributed by atoms with Gasteiger partial charge in [0.25, 0.3) is 0 Å². The predicted octanol–water partition coefficient (Wildman–Crippen LogP) is 3.87. The number of benzene rings is 2. The van der Waals surface area contributed by atoms with Crippen LogP contribution < -0.4 is 21.2 Å². The van der Waals surface area contributed by atoms with Crippen LogP contribution >= 0.6 is 15.9 Å². The van der Waals surface area contributed by atoms with Gasteiger partial charge in [0, 0.05) is 31.7 Å². The van der Waals surface area contributed by atoms with Gasteiger partial charge in [-0.1, -0.05) is 28.1 Å². The summed E-state index contributed by atoms with van der Waals surface area (Å²) < 4.78 is 4.13. The van der Waals surface area contributed by atoms with Gasteiger partial charge in [-0.2, -0.15) is 0 Å². The zero-order chi connectivity index (χ0) is 23.7. The Morgan fingerprint density at radius 2 is 1.64 bits per heavy atom. The van der Waals surface area contributed by atoms with Gasteiger partial charge in [0.15, 0.2) is 0 Å². The molecule has 176 valence electrons. The van der Waals surface area contributed by atoms with E-state index in [0.29, 0.717) is 5.69 Å². The first-order valence-electron chi connectivity index (χ1n) is 11.2. The molecule has 2 amide bonds. The number of urea groups is 1. The standard InChI is InChI=1S/C24H30BrN5O3/c1-15(22(31)16-7-9-17(25)10-8-16)26-23(32)27-18-13-20-21(29(3)24(33)28(20)2)14-19(18)30-11-5-4-6-12-30/h7-10,13-15,22,31H,4-6,11-12H2,1-3H3,(H2,26,27,32). The number of aliphatic hydroxyl groups excluding tert-OH is 1. The van der Waals surface area contributed by atoms with Crippen LogP contribution in [0.5, 0.6) is 0 Å². The minimum Gasteiger partial charge on any atom is -0.386 e. The number of hydrogen-bond acceptors (Lipinski definition) is 4. The highest BCUT2D eigenvalue weighted by atomic mass is 79.9. The molecule has 0 bridgehead atoms. The molecule has 0 radical (unpaired) electrons. The molecule has 33 heavy (non-hydrogen) atoms. The molecule has 1 fully saturated rings. The molecule has 0 spiro atoms. The first kappa shape index (κ1) is 23.4. The lowest BCUT2D eigenvalue weighted by molar-refractivity contribution is 0.139. The molecule has 3 aromatic rings. The second-order valence-electron chi connectivity index (χ2n) is 8.69. The average Bonchev–Trinajstić information content (AvgIpc) is 3.02. The fraction of sp³-hybridized carbons (Fsp3) is 0.417. The van der Waals surface area contributed by atoms with Crippen molar-refractivity contribution in [2.75, 3.05) is 23.3 Å². The van der Waals surface area contributed by atoms with E-state index < -0.39 is 18.2 Å². The molecule has 9 heteroatoms. The number of aromatic nitrogens is 2. The van der Waals surface area contributed by atoms with E-state index in [1.54, 1.807) is 30.2 Å². The molecule has 0 aliphatic carbocycles. The molecule has 4 rings (SSSR count). The van der Waals surface area contributed by atoms with Crippen LogP contribution in [0.25, 0.3) is 11.0 Å². The van der Waals surface area contributed by atoms with E-state index in [0.717, 1.165) is 52.7 Å². The Bertz CT molecular complexity index is 1210. The zero-order valence-corrected chi connectivity index (χ0v) is 20.7. The quantitative estimate of drug-likeness (QED) is 0.480. The zero-order valence-electron chi connectivity index (χ0n) is 19.1. The molecule has 2 aromatic carbocycles. The number of halogens is 1. The molecule has 1 aromatic heterocycles. The largest absolute Gasteiger partial charge is 0.386 e. The van der Waals surface area contributed by atoms with Crippen LogP contribution in [0.15, 0.2) is 45.7 Å². The molecule has 3 N–H and O–H groups in total. The second kappa shape index (κ2) is 9.61. The van der Waals surface area contributed by atoms with Gasteiger partial charge in [-0.3, -0.25) is 9.13 Å². The summed E-state index contributed by atoms with van der Waals surface area (Å²) in [5.74, 6) is 0. The lowest BCUT2D eigenvalue weighted by Crippen LogP contribution is -2.40. The number of hydrogen-bond donors (Lipinski definition) is 3. The second-order valence-corrected chi connectivity index (χ2v) is 9.61. The van der Waals surface area contributed by atoms with Gasteiger partial charge < -0.3 is 20.6 Å². The van der Waals surface area contributed by atoms with Gasteiger partial charge in [-0.05, 0) is 56.0 Å². The Morgan fingerprint density at radius 3 is 2.27 bits per heavy atom. The maximum atomic E-state index is 12.9. The number of carbonyl (C=O) groups excluding carboxylic acids is 1. The summed E-state index contributed by atoms with van der Waals surface area (Å²) >= 11 is 3.39. The number of aliphatic hydroxyl groups is 1. The number of amides is 2. The van der Waals surface area contributed by atoms with E-state index in [1.165, 1.54) is 6.42 Å². The van der Waals surface area contributed by atoms with Crippen molar-refractivity contribution in [3.63, 3.8) is 0 Å². The smallest absolute Gasteiger partial charge is 0.328 e. The van der Waals surface area contributed by atoms with Crippen molar-refractivity contribution in [2.45, 2.75) is 38.3 Å². The summed E-state index contributed by atoms with van der Waals surface area (Å²) in [4.78, 5) is 27.6. The highest BCUT2D eigenvalue weighted by molar-refractivity contribution is 9.10. The lowest BCUT2D eigenvalue weighted by Gasteiger charge is -2.31. The van der Waals surface area contributed by atoms with E-state index in [1.807, 2.05) is 36.4 Å². The van der Waals surface area contributed by atoms with Crippen LogP contribution in [0, 0.1) is 0 Å². The van der Waals surface area contributed by atoms with Crippen LogP contribution in [0.2, 0.25) is 0 Å². The van der Waals surface area contributed by atoms with Crippen molar-refractivity contribution in [1.29, 1.82) is 0 Å². The normalized spacial score (nSPS) is 16.0. The summed E-state index contributed by atoms with van der Waals surface area (Å²) in [6.07, 6.45) is 2.53. The number of aryl methyl sites for hydroxylation is 2. The van der Waals surface area contributed by atoms with Crippen molar-refractivity contribution in [3.05, 3.63) is 56.9 Å². The van der Waals surface area contributed by atoms with Crippen LogP contribution in [0.3, 0.4) is 0 Å². The van der Waals surface area contributed by atoms with Gasteiger partial charge in [-0.15, -0.1) is 0 Å². The van der Waals surface area contributed by atoms with Crippen molar-refractivity contribution in [3.8, 4) is 0 Å². The number of imidazole rings is 1. The molecule has 0 saturated carbocycles. The van der Waals surface area contributed by atoms with Crippen LogP contribution in [0.1, 0.15) is 37.9 Å². The van der Waals surface area contributed by atoms with E-state index >= 15 is 0 Å². The Labute approximate surface area is 201 Å². The third-order valence-corrected chi connectivity index (χ3v) is 6.91. The SMILES string of the molecule is CC(NC(=O)Nc1cc2c(cc1N1CCCCC1)n(C)c(=O)n2C)C(O)c1ccc(Br)cc1. The first-order chi connectivity index (χ1) is 15.8.